The van der Waals surface area contributed by atoms with Gasteiger partial charge in [0, 0.05) is 5.41 Å². The van der Waals surface area contributed by atoms with Crippen LogP contribution in [0.2, 0.25) is 0 Å². The summed E-state index contributed by atoms with van der Waals surface area (Å²) < 4.78 is 5.44. The molecule has 128 valence electrons. The molecule has 0 aromatic heterocycles. The fourth-order valence-corrected chi connectivity index (χ4v) is 5.09. The summed E-state index contributed by atoms with van der Waals surface area (Å²) >= 11 is 0. The smallest absolute Gasteiger partial charge is 0.416 e. The fourth-order valence-electron chi connectivity index (χ4n) is 5.09. The van der Waals surface area contributed by atoms with Gasteiger partial charge in [-0.3, -0.25) is 4.79 Å². The lowest BCUT2D eigenvalue weighted by molar-refractivity contribution is -0.148. The van der Waals surface area contributed by atoms with Gasteiger partial charge in [-0.15, -0.1) is 0 Å². The second-order valence-corrected chi connectivity index (χ2v) is 7.93. The lowest BCUT2D eigenvalue weighted by atomic mass is 9.67. The molecule has 23 heavy (non-hydrogen) atoms. The molecule has 1 heterocycles. The molecule has 2 saturated carbocycles. The minimum atomic E-state index is -0.884. The zero-order valence-corrected chi connectivity index (χ0v) is 14.4. The van der Waals surface area contributed by atoms with Crippen molar-refractivity contribution in [1.29, 1.82) is 0 Å². The molecule has 1 saturated heterocycles. The Balaban J connectivity index is 1.90. The molecule has 5 heteroatoms. The molecule has 0 unspecified atom stereocenters. The first kappa shape index (κ1) is 16.5. The number of imide groups is 1. The third kappa shape index (κ3) is 2.09. The number of fused-ring (bicyclic) bond motifs is 1. The molecule has 0 aromatic carbocycles. The quantitative estimate of drug-likeness (QED) is 0.812. The average Bonchev–Trinajstić information content (AvgIpc) is 2.88. The summed E-state index contributed by atoms with van der Waals surface area (Å²) in [5.41, 5.74) is -0.0609. The molecule has 3 fully saturated rings. The standard InChI is InChI=1S/C18H27NO4/c1-5-6-13(20)11(2)15(21)19-14-9-12-7-8-18(14,17(12,3)4)10-23-16(19)22/h5-6,11-14,20H,7-10H2,1-4H3/b6-5+/t11-,12+,13+,14+,18+/m0/s1. The van der Waals surface area contributed by atoms with E-state index in [4.69, 9.17) is 4.74 Å². The number of hydrogen-bond donors (Lipinski definition) is 1. The number of amides is 2. The summed E-state index contributed by atoms with van der Waals surface area (Å²) in [7, 11) is 0. The highest BCUT2D eigenvalue weighted by Gasteiger charge is 2.69. The molecular formula is C18H27NO4. The third-order valence-electron chi connectivity index (χ3n) is 6.88. The second kappa shape index (κ2) is 5.33. The molecular weight excluding hydrogens is 294 g/mol. The number of hydrogen-bond acceptors (Lipinski definition) is 4. The summed E-state index contributed by atoms with van der Waals surface area (Å²) in [6.07, 6.45) is 4.86. The minimum Gasteiger partial charge on any atom is -0.448 e. The van der Waals surface area contributed by atoms with Gasteiger partial charge in [-0.25, -0.2) is 9.69 Å². The van der Waals surface area contributed by atoms with Crippen molar-refractivity contribution >= 4 is 12.0 Å². The number of allylic oxidation sites excluding steroid dienone is 1. The van der Waals surface area contributed by atoms with E-state index in [1.807, 2.05) is 0 Å². The number of cyclic esters (lactones) is 1. The van der Waals surface area contributed by atoms with E-state index >= 15 is 0 Å². The van der Waals surface area contributed by atoms with Crippen LogP contribution in [0.4, 0.5) is 4.79 Å². The van der Waals surface area contributed by atoms with E-state index in [2.05, 4.69) is 13.8 Å². The molecule has 2 aliphatic carbocycles. The first-order valence-electron chi connectivity index (χ1n) is 8.57. The van der Waals surface area contributed by atoms with Crippen molar-refractivity contribution < 1.29 is 19.4 Å². The molecule has 1 spiro atoms. The number of carbonyl (C=O) groups excluding carboxylic acids is 2. The number of ether oxygens (including phenoxy) is 1. The van der Waals surface area contributed by atoms with E-state index in [9.17, 15) is 14.7 Å². The van der Waals surface area contributed by atoms with E-state index in [0.29, 0.717) is 12.5 Å². The highest BCUT2D eigenvalue weighted by molar-refractivity contribution is 5.94. The monoisotopic (exact) mass is 321 g/mol. The highest BCUT2D eigenvalue weighted by Crippen LogP contribution is 2.68. The second-order valence-electron chi connectivity index (χ2n) is 7.93. The van der Waals surface area contributed by atoms with E-state index < -0.39 is 18.1 Å². The summed E-state index contributed by atoms with van der Waals surface area (Å²) in [5, 5.41) is 10.1. The zero-order chi connectivity index (χ0) is 17.0. The van der Waals surface area contributed by atoms with Crippen molar-refractivity contribution in [3.63, 3.8) is 0 Å². The first-order chi connectivity index (χ1) is 10.8. The van der Waals surface area contributed by atoms with E-state index in [0.717, 1.165) is 19.3 Å². The van der Waals surface area contributed by atoms with Crippen molar-refractivity contribution in [2.24, 2.45) is 22.7 Å². The van der Waals surface area contributed by atoms with Gasteiger partial charge in [0.15, 0.2) is 0 Å². The van der Waals surface area contributed by atoms with E-state index in [1.165, 1.54) is 4.90 Å². The number of carbonyl (C=O) groups is 2. The van der Waals surface area contributed by atoms with Gasteiger partial charge < -0.3 is 9.84 Å². The summed E-state index contributed by atoms with van der Waals surface area (Å²) in [6.45, 7) is 8.35. The van der Waals surface area contributed by atoms with Crippen LogP contribution in [-0.2, 0) is 9.53 Å². The van der Waals surface area contributed by atoms with Crippen molar-refractivity contribution in [3.05, 3.63) is 12.2 Å². The van der Waals surface area contributed by atoms with Crippen molar-refractivity contribution in [2.45, 2.75) is 59.1 Å². The third-order valence-corrected chi connectivity index (χ3v) is 6.88. The van der Waals surface area contributed by atoms with Crippen molar-refractivity contribution in [3.8, 4) is 0 Å². The van der Waals surface area contributed by atoms with Crippen molar-refractivity contribution in [1.82, 2.24) is 4.90 Å². The van der Waals surface area contributed by atoms with Crippen LogP contribution in [0.25, 0.3) is 0 Å². The number of nitrogens with zero attached hydrogens (tertiary/aromatic N) is 1. The first-order valence-corrected chi connectivity index (χ1v) is 8.57. The Labute approximate surface area is 137 Å². The predicted molar refractivity (Wildman–Crippen MR) is 85.5 cm³/mol. The molecule has 0 aromatic rings. The lowest BCUT2D eigenvalue weighted by Gasteiger charge is -2.49. The Morgan fingerprint density at radius 2 is 2.17 bits per heavy atom. The summed E-state index contributed by atoms with van der Waals surface area (Å²) in [5.74, 6) is -0.461. The summed E-state index contributed by atoms with van der Waals surface area (Å²) in [4.78, 5) is 26.5. The molecule has 5 atom stereocenters. The van der Waals surface area contributed by atoms with Crippen molar-refractivity contribution in [2.75, 3.05) is 6.61 Å². The maximum Gasteiger partial charge on any atom is 0.416 e. The van der Waals surface area contributed by atoms with Crippen LogP contribution in [-0.4, -0.2) is 40.8 Å². The van der Waals surface area contributed by atoms with Gasteiger partial charge in [0.1, 0.15) is 6.61 Å². The molecule has 0 radical (unpaired) electrons. The van der Waals surface area contributed by atoms with Gasteiger partial charge in [0.2, 0.25) is 5.91 Å². The molecule has 2 bridgehead atoms. The molecule has 3 aliphatic rings. The Morgan fingerprint density at radius 1 is 1.48 bits per heavy atom. The van der Waals surface area contributed by atoms with Crippen LogP contribution in [0.15, 0.2) is 12.2 Å². The topological polar surface area (TPSA) is 66.8 Å². The van der Waals surface area contributed by atoms with Gasteiger partial charge >= 0.3 is 6.09 Å². The van der Waals surface area contributed by atoms with Crippen LogP contribution in [0, 0.1) is 22.7 Å². The number of aliphatic hydroxyl groups is 1. The summed E-state index contributed by atoms with van der Waals surface area (Å²) in [6, 6.07) is -0.0924. The molecule has 5 nitrogen and oxygen atoms in total. The fraction of sp³-hybridized carbons (Fsp3) is 0.778. The average molecular weight is 321 g/mol. The van der Waals surface area contributed by atoms with Gasteiger partial charge in [-0.05, 0) is 37.5 Å². The van der Waals surface area contributed by atoms with Crippen LogP contribution in [0.5, 0.6) is 0 Å². The number of rotatable bonds is 3. The molecule has 1 aliphatic heterocycles. The Kier molecular flexibility index (Phi) is 3.82. The zero-order valence-electron chi connectivity index (χ0n) is 14.4. The number of aliphatic hydroxyl groups excluding tert-OH is 1. The van der Waals surface area contributed by atoms with Gasteiger partial charge in [-0.1, -0.05) is 32.9 Å². The van der Waals surface area contributed by atoms with Crippen LogP contribution < -0.4 is 0 Å². The van der Waals surface area contributed by atoms with Crippen LogP contribution >= 0.6 is 0 Å². The Morgan fingerprint density at radius 3 is 2.78 bits per heavy atom. The Bertz CT molecular complexity index is 555. The minimum absolute atomic E-state index is 0.0715. The molecule has 3 rings (SSSR count). The van der Waals surface area contributed by atoms with E-state index in [1.54, 1.807) is 26.0 Å². The maximum atomic E-state index is 12.9. The van der Waals surface area contributed by atoms with Gasteiger partial charge in [0.25, 0.3) is 0 Å². The van der Waals surface area contributed by atoms with Gasteiger partial charge in [-0.2, -0.15) is 0 Å². The normalized spacial score (nSPS) is 37.6. The van der Waals surface area contributed by atoms with Gasteiger partial charge in [0.05, 0.1) is 18.1 Å². The molecule has 2 amide bonds. The highest BCUT2D eigenvalue weighted by atomic mass is 16.6. The van der Waals surface area contributed by atoms with Crippen LogP contribution in [0.1, 0.15) is 47.0 Å². The maximum absolute atomic E-state index is 12.9. The largest absolute Gasteiger partial charge is 0.448 e. The predicted octanol–water partition coefficient (Wildman–Crippen LogP) is 2.73. The van der Waals surface area contributed by atoms with Crippen LogP contribution in [0.3, 0.4) is 0 Å². The SMILES string of the molecule is C/C=C/[C@@H](O)[C@H](C)C(=O)N1C(=O)OC[C@]23CC[C@H](C[C@@H]12)C3(C)C. The molecule has 1 N–H and O–H groups in total. The van der Waals surface area contributed by atoms with E-state index in [-0.39, 0.29) is 22.8 Å². The lowest BCUT2D eigenvalue weighted by Crippen LogP contribution is -2.61. The Hall–Kier alpha value is -1.36.